The molecule has 0 atom stereocenters. The van der Waals surface area contributed by atoms with E-state index in [9.17, 15) is 4.79 Å². The first-order valence-corrected chi connectivity index (χ1v) is 5.16. The zero-order valence-electron chi connectivity index (χ0n) is 9.09. The average Bonchev–Trinajstić information content (AvgIpc) is 2.66. The second-order valence-corrected chi connectivity index (χ2v) is 4.73. The van der Waals surface area contributed by atoms with Crippen molar-refractivity contribution in [3.05, 3.63) is 0 Å². The van der Waals surface area contributed by atoms with Gasteiger partial charge < -0.3 is 4.74 Å². The zero-order valence-corrected chi connectivity index (χ0v) is 9.09. The van der Waals surface area contributed by atoms with E-state index in [1.165, 1.54) is 12.8 Å². The summed E-state index contributed by atoms with van der Waals surface area (Å²) < 4.78 is 5.14. The molecule has 2 heteroatoms. The Labute approximate surface area is 80.7 Å². The molecule has 0 saturated heterocycles. The molecular weight excluding hydrogens is 164 g/mol. The molecule has 0 unspecified atom stereocenters. The highest BCUT2D eigenvalue weighted by molar-refractivity contribution is 5.71. The Morgan fingerprint density at radius 1 is 1.31 bits per heavy atom. The first kappa shape index (κ1) is 10.6. The number of carbonyl (C=O) groups is 1. The van der Waals surface area contributed by atoms with E-state index in [4.69, 9.17) is 4.74 Å². The van der Waals surface area contributed by atoms with Crippen molar-refractivity contribution in [2.24, 2.45) is 11.3 Å². The molecule has 0 heterocycles. The average molecular weight is 184 g/mol. The summed E-state index contributed by atoms with van der Waals surface area (Å²) in [5.41, 5.74) is 0.284. The fraction of sp³-hybridized carbons (Fsp3) is 0.909. The monoisotopic (exact) mass is 184 g/mol. The van der Waals surface area contributed by atoms with Crippen LogP contribution in [-0.2, 0) is 9.53 Å². The summed E-state index contributed by atoms with van der Waals surface area (Å²) in [7, 11) is 0. The summed E-state index contributed by atoms with van der Waals surface area (Å²) >= 11 is 0. The summed E-state index contributed by atoms with van der Waals surface area (Å²) in [5, 5.41) is 0. The molecule has 1 aliphatic carbocycles. The number of esters is 1. The van der Waals surface area contributed by atoms with Gasteiger partial charge in [0.25, 0.3) is 0 Å². The Morgan fingerprint density at radius 3 is 2.15 bits per heavy atom. The minimum atomic E-state index is -0.0267. The molecule has 0 radical (unpaired) electrons. The number of hydrogen-bond donors (Lipinski definition) is 0. The van der Waals surface area contributed by atoms with Gasteiger partial charge in [-0.2, -0.15) is 0 Å². The van der Waals surface area contributed by atoms with Crippen molar-refractivity contribution in [1.29, 1.82) is 0 Å². The predicted octanol–water partition coefficient (Wildman–Crippen LogP) is 2.76. The maximum Gasteiger partial charge on any atom is 0.306 e. The van der Waals surface area contributed by atoms with Crippen LogP contribution < -0.4 is 0 Å². The van der Waals surface area contributed by atoms with Crippen molar-refractivity contribution < 1.29 is 9.53 Å². The van der Waals surface area contributed by atoms with Crippen LogP contribution in [-0.4, -0.2) is 12.1 Å². The van der Waals surface area contributed by atoms with Gasteiger partial charge in [-0.15, -0.1) is 0 Å². The SMILES string of the molecule is CC(C)OC(=O)CC1(C(C)C)CC1. The molecule has 1 saturated carbocycles. The Balaban J connectivity index is 2.36. The summed E-state index contributed by atoms with van der Waals surface area (Å²) in [4.78, 5) is 11.4. The van der Waals surface area contributed by atoms with Crippen LogP contribution in [0.4, 0.5) is 0 Å². The van der Waals surface area contributed by atoms with E-state index in [-0.39, 0.29) is 17.5 Å². The van der Waals surface area contributed by atoms with E-state index in [1.807, 2.05) is 13.8 Å². The fourth-order valence-electron chi connectivity index (χ4n) is 1.71. The van der Waals surface area contributed by atoms with E-state index < -0.39 is 0 Å². The van der Waals surface area contributed by atoms with Crippen molar-refractivity contribution in [1.82, 2.24) is 0 Å². The van der Waals surface area contributed by atoms with Gasteiger partial charge in [0.1, 0.15) is 0 Å². The molecule has 13 heavy (non-hydrogen) atoms. The van der Waals surface area contributed by atoms with E-state index in [0.717, 1.165) is 0 Å². The van der Waals surface area contributed by atoms with Gasteiger partial charge in [-0.05, 0) is 38.0 Å². The third-order valence-corrected chi connectivity index (χ3v) is 2.98. The molecule has 76 valence electrons. The van der Waals surface area contributed by atoms with Crippen LogP contribution in [0.1, 0.15) is 47.0 Å². The van der Waals surface area contributed by atoms with Crippen molar-refractivity contribution in [2.45, 2.75) is 53.1 Å². The first-order valence-electron chi connectivity index (χ1n) is 5.16. The lowest BCUT2D eigenvalue weighted by atomic mass is 9.89. The molecule has 1 fully saturated rings. The predicted molar refractivity (Wildman–Crippen MR) is 52.4 cm³/mol. The van der Waals surface area contributed by atoms with Gasteiger partial charge in [0, 0.05) is 0 Å². The van der Waals surface area contributed by atoms with Crippen LogP contribution in [0.25, 0.3) is 0 Å². The van der Waals surface area contributed by atoms with E-state index in [2.05, 4.69) is 13.8 Å². The van der Waals surface area contributed by atoms with Crippen molar-refractivity contribution in [2.75, 3.05) is 0 Å². The number of ether oxygens (including phenoxy) is 1. The molecule has 0 aromatic heterocycles. The maximum atomic E-state index is 11.4. The molecule has 0 amide bonds. The summed E-state index contributed by atoms with van der Waals surface area (Å²) in [6, 6.07) is 0. The summed E-state index contributed by atoms with van der Waals surface area (Å²) in [6.45, 7) is 8.17. The quantitative estimate of drug-likeness (QED) is 0.628. The Morgan fingerprint density at radius 2 is 1.85 bits per heavy atom. The second kappa shape index (κ2) is 3.69. The van der Waals surface area contributed by atoms with Gasteiger partial charge >= 0.3 is 5.97 Å². The highest BCUT2D eigenvalue weighted by atomic mass is 16.5. The van der Waals surface area contributed by atoms with Crippen LogP contribution in [0.2, 0.25) is 0 Å². The molecule has 0 spiro atoms. The van der Waals surface area contributed by atoms with Crippen LogP contribution in [0, 0.1) is 11.3 Å². The number of hydrogen-bond acceptors (Lipinski definition) is 2. The lowest BCUT2D eigenvalue weighted by Gasteiger charge is -2.19. The van der Waals surface area contributed by atoms with Crippen LogP contribution in [0.5, 0.6) is 0 Å². The molecule has 0 aromatic carbocycles. The van der Waals surface area contributed by atoms with E-state index >= 15 is 0 Å². The zero-order chi connectivity index (χ0) is 10.1. The van der Waals surface area contributed by atoms with Crippen molar-refractivity contribution in [3.8, 4) is 0 Å². The minimum Gasteiger partial charge on any atom is -0.463 e. The third-order valence-electron chi connectivity index (χ3n) is 2.98. The first-order chi connectivity index (χ1) is 5.96. The van der Waals surface area contributed by atoms with Gasteiger partial charge in [-0.1, -0.05) is 13.8 Å². The molecule has 2 nitrogen and oxygen atoms in total. The van der Waals surface area contributed by atoms with Crippen LogP contribution in [0.15, 0.2) is 0 Å². The molecule has 0 bridgehead atoms. The lowest BCUT2D eigenvalue weighted by molar-refractivity contribution is -0.149. The van der Waals surface area contributed by atoms with Gasteiger partial charge in [-0.25, -0.2) is 0 Å². The van der Waals surface area contributed by atoms with Gasteiger partial charge in [0.15, 0.2) is 0 Å². The fourth-order valence-corrected chi connectivity index (χ4v) is 1.71. The molecule has 1 aliphatic rings. The Kier molecular flexibility index (Phi) is 2.99. The second-order valence-electron chi connectivity index (χ2n) is 4.73. The third kappa shape index (κ3) is 2.71. The van der Waals surface area contributed by atoms with Crippen LogP contribution in [0.3, 0.4) is 0 Å². The minimum absolute atomic E-state index is 0.0236. The van der Waals surface area contributed by atoms with Crippen LogP contribution >= 0.6 is 0 Å². The number of carbonyl (C=O) groups excluding carboxylic acids is 1. The standard InChI is InChI=1S/C11H20O2/c1-8(2)11(5-6-11)7-10(12)13-9(3)4/h8-9H,5-7H2,1-4H3. The Hall–Kier alpha value is -0.530. The summed E-state index contributed by atoms with van der Waals surface area (Å²) in [5.74, 6) is 0.577. The lowest BCUT2D eigenvalue weighted by Crippen LogP contribution is -2.19. The van der Waals surface area contributed by atoms with Gasteiger partial charge in [0.2, 0.25) is 0 Å². The number of rotatable bonds is 4. The molecule has 0 aromatic rings. The van der Waals surface area contributed by atoms with Gasteiger partial charge in [0.05, 0.1) is 12.5 Å². The topological polar surface area (TPSA) is 26.3 Å². The van der Waals surface area contributed by atoms with E-state index in [1.54, 1.807) is 0 Å². The molecule has 0 N–H and O–H groups in total. The molecular formula is C11H20O2. The molecule has 0 aliphatic heterocycles. The summed E-state index contributed by atoms with van der Waals surface area (Å²) in [6.07, 6.45) is 3.02. The normalized spacial score (nSPS) is 19.2. The smallest absolute Gasteiger partial charge is 0.306 e. The highest BCUT2D eigenvalue weighted by Crippen LogP contribution is 2.54. The van der Waals surface area contributed by atoms with Gasteiger partial charge in [-0.3, -0.25) is 4.79 Å². The largest absolute Gasteiger partial charge is 0.463 e. The Bertz CT molecular complexity index is 190. The molecule has 1 rings (SSSR count). The maximum absolute atomic E-state index is 11.4. The van der Waals surface area contributed by atoms with Crippen molar-refractivity contribution >= 4 is 5.97 Å². The van der Waals surface area contributed by atoms with E-state index in [0.29, 0.717) is 12.3 Å². The van der Waals surface area contributed by atoms with Crippen molar-refractivity contribution in [3.63, 3.8) is 0 Å². The highest BCUT2D eigenvalue weighted by Gasteiger charge is 2.47.